The third kappa shape index (κ3) is 2.97. The van der Waals surface area contributed by atoms with Crippen LogP contribution in [0.5, 0.6) is 5.75 Å². The fraction of sp³-hybridized carbons (Fsp3) is 0.462. The van der Waals surface area contributed by atoms with Crippen molar-refractivity contribution in [2.45, 2.75) is 19.5 Å². The van der Waals surface area contributed by atoms with Gasteiger partial charge in [0.25, 0.3) is 0 Å². The van der Waals surface area contributed by atoms with Crippen LogP contribution < -0.4 is 4.74 Å². The van der Waals surface area contributed by atoms with Gasteiger partial charge in [-0.3, -0.25) is 4.90 Å². The molecular weight excluding hydrogens is 250 g/mol. The molecule has 0 N–H and O–H groups in total. The van der Waals surface area contributed by atoms with Crippen LogP contribution in [0.15, 0.2) is 18.2 Å². The molecule has 0 saturated heterocycles. The van der Waals surface area contributed by atoms with Gasteiger partial charge in [0, 0.05) is 18.2 Å². The molecule has 0 spiro atoms. The monoisotopic (exact) mass is 269 g/mol. The van der Waals surface area contributed by atoms with E-state index in [1.165, 1.54) is 7.11 Å². The van der Waals surface area contributed by atoms with E-state index in [4.69, 9.17) is 9.47 Å². The lowest BCUT2D eigenvalue weighted by Gasteiger charge is -2.19. The number of benzene rings is 1. The summed E-state index contributed by atoms with van der Waals surface area (Å²) in [5, 5.41) is 0. The third-order valence-electron chi connectivity index (χ3n) is 3.14. The number of carbonyl (C=O) groups excluding carboxylic acids is 1. The van der Waals surface area contributed by atoms with Gasteiger partial charge in [-0.1, -0.05) is 6.07 Å². The van der Waals surface area contributed by atoms with Gasteiger partial charge in [-0.2, -0.15) is 13.5 Å². The van der Waals surface area contributed by atoms with Gasteiger partial charge in [0.05, 0.1) is 12.7 Å². The van der Waals surface area contributed by atoms with E-state index in [-0.39, 0.29) is 19.5 Å². The molecule has 0 unspecified atom stereocenters. The normalized spacial score (nSPS) is 18.9. The molecule has 18 heavy (non-hydrogen) atoms. The molecule has 0 saturated carbocycles. The van der Waals surface area contributed by atoms with E-state index >= 15 is 0 Å². The second kappa shape index (κ2) is 6.11. The van der Waals surface area contributed by atoms with Crippen molar-refractivity contribution < 1.29 is 14.3 Å². The van der Waals surface area contributed by atoms with Crippen LogP contribution in [0.4, 0.5) is 0 Å². The summed E-state index contributed by atoms with van der Waals surface area (Å²) in [7, 11) is 3.45. The molecular formula is C13H19NO3S. The Labute approximate surface area is 114 Å². The van der Waals surface area contributed by atoms with Crippen molar-refractivity contribution in [1.82, 2.24) is 4.90 Å². The Hall–Kier alpha value is -1.20. The summed E-state index contributed by atoms with van der Waals surface area (Å²) in [4.78, 5) is 13.7. The number of ether oxygens (including phenoxy) is 2. The summed E-state index contributed by atoms with van der Waals surface area (Å²) in [5.74, 6) is 0.450. The minimum Gasteiger partial charge on any atom is -0.492 e. The van der Waals surface area contributed by atoms with Crippen molar-refractivity contribution in [3.63, 3.8) is 0 Å². The highest BCUT2D eigenvalue weighted by atomic mass is 32.1. The molecule has 0 aromatic heterocycles. The summed E-state index contributed by atoms with van der Waals surface area (Å²) in [6, 6.07) is 5.82. The molecule has 1 heterocycles. The molecule has 1 aliphatic heterocycles. The number of nitrogens with zero attached hydrogens (tertiary/aromatic N) is 1. The fourth-order valence-electron chi connectivity index (χ4n) is 1.83. The van der Waals surface area contributed by atoms with Crippen LogP contribution >= 0.6 is 13.5 Å². The van der Waals surface area contributed by atoms with Gasteiger partial charge in [0.2, 0.25) is 0 Å². The maximum absolute atomic E-state index is 11.4. The molecule has 0 amide bonds. The first kappa shape index (κ1) is 14.9. The minimum atomic E-state index is -0.331. The predicted octanol–water partition coefficient (Wildman–Crippen LogP) is 1.80. The standard InChI is InChI=1S/C13H17NO3.H2S/c1-9-8-17-12-6-10(13(15)16-3)4-5-11(12)7-14(9)2;/h4-6,9H,7-8H2,1-3H3;1H2/t9-;/m0./s1. The molecule has 0 fully saturated rings. The van der Waals surface area contributed by atoms with E-state index < -0.39 is 0 Å². The highest BCUT2D eigenvalue weighted by molar-refractivity contribution is 7.59. The first-order valence-corrected chi connectivity index (χ1v) is 5.66. The van der Waals surface area contributed by atoms with Crippen LogP contribution in [0.2, 0.25) is 0 Å². The van der Waals surface area contributed by atoms with Crippen molar-refractivity contribution in [3.05, 3.63) is 29.3 Å². The van der Waals surface area contributed by atoms with Gasteiger partial charge in [-0.05, 0) is 26.1 Å². The highest BCUT2D eigenvalue weighted by Gasteiger charge is 2.19. The first-order valence-electron chi connectivity index (χ1n) is 5.66. The molecule has 4 nitrogen and oxygen atoms in total. The number of methoxy groups -OCH3 is 1. The molecule has 1 aromatic rings. The zero-order valence-corrected chi connectivity index (χ0v) is 11.9. The zero-order chi connectivity index (χ0) is 12.4. The molecule has 100 valence electrons. The van der Waals surface area contributed by atoms with Gasteiger partial charge in [-0.15, -0.1) is 0 Å². The number of hydrogen-bond donors (Lipinski definition) is 0. The molecule has 5 heteroatoms. The fourth-order valence-corrected chi connectivity index (χ4v) is 1.83. The molecule has 0 aliphatic carbocycles. The average molecular weight is 269 g/mol. The van der Waals surface area contributed by atoms with Crippen molar-refractivity contribution in [2.24, 2.45) is 0 Å². The van der Waals surface area contributed by atoms with Gasteiger partial charge < -0.3 is 9.47 Å². The number of esters is 1. The van der Waals surface area contributed by atoms with Crippen LogP contribution in [0.1, 0.15) is 22.8 Å². The SMILES string of the molecule is COC(=O)c1ccc2c(c1)OC[C@H](C)N(C)C2.S. The van der Waals surface area contributed by atoms with E-state index in [9.17, 15) is 4.79 Å². The van der Waals surface area contributed by atoms with Crippen LogP contribution in [0.25, 0.3) is 0 Å². The van der Waals surface area contributed by atoms with E-state index in [1.807, 2.05) is 6.07 Å². The molecule has 0 bridgehead atoms. The van der Waals surface area contributed by atoms with Crippen LogP contribution in [-0.2, 0) is 11.3 Å². The third-order valence-corrected chi connectivity index (χ3v) is 3.14. The topological polar surface area (TPSA) is 38.8 Å². The number of rotatable bonds is 1. The summed E-state index contributed by atoms with van der Waals surface area (Å²) in [6.07, 6.45) is 0. The number of likely N-dealkylation sites (N-methyl/N-ethyl adjacent to an activating group) is 1. The molecule has 0 radical (unpaired) electrons. The quantitative estimate of drug-likeness (QED) is 0.729. The van der Waals surface area contributed by atoms with E-state index in [2.05, 4.69) is 18.9 Å². The number of hydrogen-bond acceptors (Lipinski definition) is 4. The number of fused-ring (bicyclic) bond motifs is 1. The van der Waals surface area contributed by atoms with Crippen molar-refractivity contribution >= 4 is 19.5 Å². The summed E-state index contributed by atoms with van der Waals surface area (Å²) in [5.41, 5.74) is 1.63. The van der Waals surface area contributed by atoms with Crippen molar-refractivity contribution in [3.8, 4) is 5.75 Å². The maximum Gasteiger partial charge on any atom is 0.337 e. The molecule has 2 rings (SSSR count). The van der Waals surface area contributed by atoms with Crippen LogP contribution in [0.3, 0.4) is 0 Å². The van der Waals surface area contributed by atoms with E-state index in [0.29, 0.717) is 18.2 Å². The van der Waals surface area contributed by atoms with Crippen LogP contribution in [0, 0.1) is 0 Å². The Morgan fingerprint density at radius 3 is 2.89 bits per heavy atom. The second-order valence-corrected chi connectivity index (χ2v) is 4.39. The van der Waals surface area contributed by atoms with Crippen LogP contribution in [-0.4, -0.2) is 37.7 Å². The Bertz CT molecular complexity index is 436. The largest absolute Gasteiger partial charge is 0.492 e. The molecule has 1 aliphatic rings. The Kier molecular flexibility index (Phi) is 5.04. The van der Waals surface area contributed by atoms with Crippen molar-refractivity contribution in [2.75, 3.05) is 20.8 Å². The van der Waals surface area contributed by atoms with Crippen molar-refractivity contribution in [1.29, 1.82) is 0 Å². The zero-order valence-electron chi connectivity index (χ0n) is 10.9. The summed E-state index contributed by atoms with van der Waals surface area (Å²) >= 11 is 0. The molecule has 1 atom stereocenters. The van der Waals surface area contributed by atoms with Gasteiger partial charge in [0.1, 0.15) is 12.4 Å². The lowest BCUT2D eigenvalue weighted by atomic mass is 10.1. The van der Waals surface area contributed by atoms with E-state index in [1.54, 1.807) is 12.1 Å². The van der Waals surface area contributed by atoms with Gasteiger partial charge in [-0.25, -0.2) is 4.79 Å². The van der Waals surface area contributed by atoms with E-state index in [0.717, 1.165) is 17.9 Å². The minimum absolute atomic E-state index is 0. The average Bonchev–Trinajstić information content (AvgIpc) is 2.48. The lowest BCUT2D eigenvalue weighted by molar-refractivity contribution is 0.0600. The Balaban J connectivity index is 0.00000162. The maximum atomic E-state index is 11.4. The van der Waals surface area contributed by atoms with Gasteiger partial charge in [0.15, 0.2) is 0 Å². The molecule has 1 aromatic carbocycles. The smallest absolute Gasteiger partial charge is 0.337 e. The second-order valence-electron chi connectivity index (χ2n) is 4.39. The highest BCUT2D eigenvalue weighted by Crippen LogP contribution is 2.25. The summed E-state index contributed by atoms with van der Waals surface area (Å²) < 4.78 is 10.4. The Morgan fingerprint density at radius 1 is 1.50 bits per heavy atom. The number of carbonyl (C=O) groups is 1. The summed E-state index contributed by atoms with van der Waals surface area (Å²) in [6.45, 7) is 3.58. The Morgan fingerprint density at radius 2 is 2.22 bits per heavy atom. The first-order chi connectivity index (χ1) is 8.11. The lowest BCUT2D eigenvalue weighted by Crippen LogP contribution is -2.31. The van der Waals surface area contributed by atoms with Gasteiger partial charge >= 0.3 is 5.97 Å². The predicted molar refractivity (Wildman–Crippen MR) is 74.6 cm³/mol.